The monoisotopic (exact) mass is 282 g/mol. The molecular weight excluding hydrogens is 260 g/mol. The van der Waals surface area contributed by atoms with E-state index in [1.165, 1.54) is 0 Å². The van der Waals surface area contributed by atoms with E-state index in [0.717, 1.165) is 22.4 Å². The van der Waals surface area contributed by atoms with Gasteiger partial charge in [0.15, 0.2) is 0 Å². The molecule has 2 rings (SSSR count). The van der Waals surface area contributed by atoms with Gasteiger partial charge in [-0.05, 0) is 37.5 Å². The minimum Gasteiger partial charge on any atom is -0.321 e. The summed E-state index contributed by atoms with van der Waals surface area (Å²) in [6.07, 6.45) is 0. The Morgan fingerprint density at radius 2 is 1.57 bits per heavy atom. The molecular formula is C18H22N2O. The van der Waals surface area contributed by atoms with Gasteiger partial charge in [-0.2, -0.15) is 0 Å². The lowest BCUT2D eigenvalue weighted by atomic mass is 10.1. The van der Waals surface area contributed by atoms with Crippen LogP contribution in [-0.2, 0) is 0 Å². The van der Waals surface area contributed by atoms with E-state index >= 15 is 0 Å². The molecule has 2 amide bonds. The highest BCUT2D eigenvalue weighted by Gasteiger charge is 2.18. The third-order valence-corrected chi connectivity index (χ3v) is 3.90. The normalized spacial score (nSPS) is 11.8. The van der Waals surface area contributed by atoms with Crippen LogP contribution in [0.25, 0.3) is 0 Å². The largest absolute Gasteiger partial charge is 0.322 e. The van der Waals surface area contributed by atoms with Crippen molar-refractivity contribution >= 4 is 11.7 Å². The summed E-state index contributed by atoms with van der Waals surface area (Å²) in [4.78, 5) is 14.2. The maximum absolute atomic E-state index is 12.4. The summed E-state index contributed by atoms with van der Waals surface area (Å²) < 4.78 is 0. The number of para-hydroxylation sites is 1. The first kappa shape index (κ1) is 15.1. The van der Waals surface area contributed by atoms with Crippen molar-refractivity contribution in [2.75, 3.05) is 12.4 Å². The molecule has 0 aliphatic rings. The predicted octanol–water partition coefficient (Wildman–Crippen LogP) is 4.53. The summed E-state index contributed by atoms with van der Waals surface area (Å²) in [5, 5.41) is 3.02. The molecule has 0 fully saturated rings. The van der Waals surface area contributed by atoms with Crippen LogP contribution < -0.4 is 5.32 Å². The van der Waals surface area contributed by atoms with E-state index in [9.17, 15) is 4.79 Å². The molecule has 110 valence electrons. The SMILES string of the molecule is Cc1cccc(C)c1NC(=O)N(C)C(C)c1ccccc1. The number of rotatable bonds is 3. The van der Waals surface area contributed by atoms with Gasteiger partial charge in [0.05, 0.1) is 6.04 Å². The second kappa shape index (κ2) is 6.44. The number of amides is 2. The molecule has 0 aliphatic heterocycles. The zero-order chi connectivity index (χ0) is 15.4. The minimum absolute atomic E-state index is 0.0236. The molecule has 0 spiro atoms. The average molecular weight is 282 g/mol. The van der Waals surface area contributed by atoms with Gasteiger partial charge >= 0.3 is 6.03 Å². The molecule has 2 aromatic rings. The fourth-order valence-electron chi connectivity index (χ4n) is 2.34. The molecule has 3 nitrogen and oxygen atoms in total. The molecule has 1 unspecified atom stereocenters. The molecule has 0 aliphatic carbocycles. The van der Waals surface area contributed by atoms with Crippen LogP contribution in [-0.4, -0.2) is 18.0 Å². The summed E-state index contributed by atoms with van der Waals surface area (Å²) in [6.45, 7) is 6.03. The number of urea groups is 1. The second-order valence-corrected chi connectivity index (χ2v) is 5.39. The van der Waals surface area contributed by atoms with Crippen LogP contribution in [0.1, 0.15) is 29.7 Å². The van der Waals surface area contributed by atoms with Crippen molar-refractivity contribution in [1.82, 2.24) is 4.90 Å². The Kier molecular flexibility index (Phi) is 4.63. The van der Waals surface area contributed by atoms with E-state index in [1.807, 2.05) is 76.3 Å². The lowest BCUT2D eigenvalue weighted by molar-refractivity contribution is 0.208. The van der Waals surface area contributed by atoms with E-state index in [-0.39, 0.29) is 12.1 Å². The van der Waals surface area contributed by atoms with Gasteiger partial charge in [0.2, 0.25) is 0 Å². The van der Waals surface area contributed by atoms with E-state index in [0.29, 0.717) is 0 Å². The molecule has 0 radical (unpaired) electrons. The molecule has 0 bridgehead atoms. The third kappa shape index (κ3) is 3.43. The molecule has 0 heterocycles. The van der Waals surface area contributed by atoms with Gasteiger partial charge in [-0.15, -0.1) is 0 Å². The molecule has 3 heteroatoms. The van der Waals surface area contributed by atoms with Crippen molar-refractivity contribution in [3.63, 3.8) is 0 Å². The Labute approximate surface area is 126 Å². The Hall–Kier alpha value is -2.29. The van der Waals surface area contributed by atoms with Gasteiger partial charge in [0, 0.05) is 12.7 Å². The number of aryl methyl sites for hydroxylation is 2. The van der Waals surface area contributed by atoms with Gasteiger partial charge in [0.1, 0.15) is 0 Å². The lowest BCUT2D eigenvalue weighted by Crippen LogP contribution is -2.34. The molecule has 21 heavy (non-hydrogen) atoms. The van der Waals surface area contributed by atoms with Crippen LogP contribution in [0.2, 0.25) is 0 Å². The van der Waals surface area contributed by atoms with Gasteiger partial charge in [-0.3, -0.25) is 0 Å². The molecule has 0 saturated carbocycles. The first-order valence-electron chi connectivity index (χ1n) is 7.15. The summed E-state index contributed by atoms with van der Waals surface area (Å²) in [6, 6.07) is 16.0. The van der Waals surface area contributed by atoms with Gasteiger partial charge < -0.3 is 10.2 Å². The highest BCUT2D eigenvalue weighted by atomic mass is 16.2. The Balaban J connectivity index is 2.13. The Morgan fingerprint density at radius 1 is 1.00 bits per heavy atom. The van der Waals surface area contributed by atoms with Crippen molar-refractivity contribution in [2.24, 2.45) is 0 Å². The second-order valence-electron chi connectivity index (χ2n) is 5.39. The van der Waals surface area contributed by atoms with E-state index in [4.69, 9.17) is 0 Å². The summed E-state index contributed by atoms with van der Waals surface area (Å²) in [5.74, 6) is 0. The van der Waals surface area contributed by atoms with Crippen molar-refractivity contribution in [3.8, 4) is 0 Å². The standard InChI is InChI=1S/C18H22N2O/c1-13-9-8-10-14(2)17(13)19-18(21)20(4)15(3)16-11-6-5-7-12-16/h5-12,15H,1-4H3,(H,19,21). The van der Waals surface area contributed by atoms with Crippen LogP contribution in [0.5, 0.6) is 0 Å². The number of nitrogens with one attached hydrogen (secondary N) is 1. The van der Waals surface area contributed by atoms with Crippen LogP contribution in [0.15, 0.2) is 48.5 Å². The first-order chi connectivity index (χ1) is 10.0. The van der Waals surface area contributed by atoms with Gasteiger partial charge in [-0.25, -0.2) is 4.79 Å². The quantitative estimate of drug-likeness (QED) is 0.881. The summed E-state index contributed by atoms with van der Waals surface area (Å²) >= 11 is 0. The number of anilines is 1. The number of carbonyl (C=O) groups excluding carboxylic acids is 1. The average Bonchev–Trinajstić information content (AvgIpc) is 2.50. The zero-order valence-electron chi connectivity index (χ0n) is 13.1. The molecule has 2 aromatic carbocycles. The Morgan fingerprint density at radius 3 is 2.14 bits per heavy atom. The number of hydrogen-bond donors (Lipinski definition) is 1. The molecule has 1 atom stereocenters. The minimum atomic E-state index is -0.0937. The smallest absolute Gasteiger partial charge is 0.321 e. The number of benzene rings is 2. The highest BCUT2D eigenvalue weighted by molar-refractivity contribution is 5.91. The molecule has 0 saturated heterocycles. The van der Waals surface area contributed by atoms with Crippen molar-refractivity contribution in [2.45, 2.75) is 26.8 Å². The van der Waals surface area contributed by atoms with Crippen molar-refractivity contribution in [1.29, 1.82) is 0 Å². The maximum Gasteiger partial charge on any atom is 0.322 e. The number of carbonyl (C=O) groups is 1. The Bertz CT molecular complexity index is 602. The lowest BCUT2D eigenvalue weighted by Gasteiger charge is -2.26. The summed E-state index contributed by atoms with van der Waals surface area (Å²) in [7, 11) is 1.82. The highest BCUT2D eigenvalue weighted by Crippen LogP contribution is 2.22. The van der Waals surface area contributed by atoms with Crippen molar-refractivity contribution < 1.29 is 4.79 Å². The van der Waals surface area contributed by atoms with Crippen LogP contribution in [0.4, 0.5) is 10.5 Å². The van der Waals surface area contributed by atoms with Gasteiger partial charge in [-0.1, -0.05) is 48.5 Å². The fraction of sp³-hybridized carbons (Fsp3) is 0.278. The third-order valence-electron chi connectivity index (χ3n) is 3.90. The molecule has 1 N–H and O–H groups in total. The molecule has 0 aromatic heterocycles. The number of hydrogen-bond acceptors (Lipinski definition) is 1. The van der Waals surface area contributed by atoms with Crippen molar-refractivity contribution in [3.05, 3.63) is 65.2 Å². The predicted molar refractivity (Wildman–Crippen MR) is 87.6 cm³/mol. The maximum atomic E-state index is 12.4. The fourth-order valence-corrected chi connectivity index (χ4v) is 2.34. The van der Waals surface area contributed by atoms with Gasteiger partial charge in [0.25, 0.3) is 0 Å². The van der Waals surface area contributed by atoms with Crippen LogP contribution in [0.3, 0.4) is 0 Å². The van der Waals surface area contributed by atoms with E-state index < -0.39 is 0 Å². The van der Waals surface area contributed by atoms with E-state index in [2.05, 4.69) is 5.32 Å². The van der Waals surface area contributed by atoms with E-state index in [1.54, 1.807) is 4.90 Å². The van der Waals surface area contributed by atoms with Crippen LogP contribution >= 0.6 is 0 Å². The first-order valence-corrected chi connectivity index (χ1v) is 7.15. The topological polar surface area (TPSA) is 32.3 Å². The zero-order valence-corrected chi connectivity index (χ0v) is 13.1. The summed E-state index contributed by atoms with van der Waals surface area (Å²) in [5.41, 5.74) is 4.17. The van der Waals surface area contributed by atoms with Crippen LogP contribution in [0, 0.1) is 13.8 Å². The number of nitrogens with zero attached hydrogens (tertiary/aromatic N) is 1.